The molecule has 1 aromatic rings. The number of hydrogen-bond acceptors (Lipinski definition) is 4. The van der Waals surface area contributed by atoms with Gasteiger partial charge in [-0.1, -0.05) is 23.2 Å². The third-order valence-corrected chi connectivity index (χ3v) is 3.07. The van der Waals surface area contributed by atoms with Gasteiger partial charge in [0.05, 0.1) is 5.02 Å². The summed E-state index contributed by atoms with van der Waals surface area (Å²) in [5.41, 5.74) is -0.220. The second kappa shape index (κ2) is 4.63. The number of esters is 1. The minimum Gasteiger partial charge on any atom is -0.506 e. The number of ketones is 1. The van der Waals surface area contributed by atoms with Gasteiger partial charge >= 0.3 is 5.97 Å². The normalized spacial score (nSPS) is 22.1. The smallest absolute Gasteiger partial charge is 0.346 e. The monoisotopic (exact) mass is 286 g/mol. The van der Waals surface area contributed by atoms with E-state index in [0.717, 1.165) is 0 Å². The van der Waals surface area contributed by atoms with Crippen LogP contribution in [0.25, 0.3) is 5.76 Å². The molecule has 0 aromatic heterocycles. The molecule has 1 unspecified atom stereocenters. The van der Waals surface area contributed by atoms with Crippen molar-refractivity contribution in [1.29, 1.82) is 0 Å². The first-order valence-corrected chi connectivity index (χ1v) is 5.81. The molecule has 6 heteroatoms. The SMILES string of the molecule is CC1OC(=O)C(=C(O)c2ccc(Cl)cc2Cl)C1=O. The highest BCUT2D eigenvalue weighted by molar-refractivity contribution is 6.36. The summed E-state index contributed by atoms with van der Waals surface area (Å²) in [6.45, 7) is 1.43. The van der Waals surface area contributed by atoms with E-state index in [1.807, 2.05) is 0 Å². The summed E-state index contributed by atoms with van der Waals surface area (Å²) >= 11 is 11.6. The Morgan fingerprint density at radius 2 is 2.00 bits per heavy atom. The summed E-state index contributed by atoms with van der Waals surface area (Å²) < 4.78 is 4.72. The number of aliphatic hydroxyl groups is 1. The van der Waals surface area contributed by atoms with Gasteiger partial charge in [0.15, 0.2) is 6.10 Å². The Morgan fingerprint density at radius 3 is 2.50 bits per heavy atom. The quantitative estimate of drug-likeness (QED) is 0.373. The predicted molar refractivity (Wildman–Crippen MR) is 66.6 cm³/mol. The number of benzene rings is 1. The second-order valence-electron chi connectivity index (χ2n) is 3.76. The number of carbonyl (C=O) groups excluding carboxylic acids is 2. The van der Waals surface area contributed by atoms with Gasteiger partial charge in [-0.2, -0.15) is 0 Å². The number of halogens is 2. The van der Waals surface area contributed by atoms with Crippen LogP contribution in [-0.4, -0.2) is 23.0 Å². The fourth-order valence-electron chi connectivity index (χ4n) is 1.61. The molecule has 0 saturated carbocycles. The van der Waals surface area contributed by atoms with Crippen LogP contribution in [0.4, 0.5) is 0 Å². The molecule has 0 aliphatic carbocycles. The molecule has 1 aliphatic heterocycles. The average molecular weight is 287 g/mol. The molecule has 0 spiro atoms. The first-order valence-electron chi connectivity index (χ1n) is 5.05. The van der Waals surface area contributed by atoms with Crippen molar-refractivity contribution in [1.82, 2.24) is 0 Å². The first-order chi connectivity index (χ1) is 8.41. The van der Waals surface area contributed by atoms with Crippen LogP contribution in [-0.2, 0) is 14.3 Å². The summed E-state index contributed by atoms with van der Waals surface area (Å²) in [6, 6.07) is 4.33. The van der Waals surface area contributed by atoms with Crippen LogP contribution in [0.5, 0.6) is 0 Å². The molecule has 94 valence electrons. The number of ether oxygens (including phenoxy) is 1. The highest BCUT2D eigenvalue weighted by Crippen LogP contribution is 2.30. The van der Waals surface area contributed by atoms with Gasteiger partial charge in [-0.25, -0.2) is 4.79 Å². The fourth-order valence-corrected chi connectivity index (χ4v) is 2.10. The maximum Gasteiger partial charge on any atom is 0.346 e. The Kier molecular flexibility index (Phi) is 3.32. The van der Waals surface area contributed by atoms with Crippen molar-refractivity contribution in [2.45, 2.75) is 13.0 Å². The Labute approximate surface area is 113 Å². The third kappa shape index (κ3) is 2.09. The largest absolute Gasteiger partial charge is 0.506 e. The van der Waals surface area contributed by atoms with E-state index in [1.165, 1.54) is 25.1 Å². The molecule has 2 rings (SSSR count). The van der Waals surface area contributed by atoms with Crippen molar-refractivity contribution >= 4 is 40.7 Å². The Balaban J connectivity index is 2.56. The van der Waals surface area contributed by atoms with Gasteiger partial charge in [-0.05, 0) is 25.1 Å². The Morgan fingerprint density at radius 1 is 1.33 bits per heavy atom. The molecule has 0 radical (unpaired) electrons. The summed E-state index contributed by atoms with van der Waals surface area (Å²) in [6.07, 6.45) is -0.888. The number of hydrogen-bond donors (Lipinski definition) is 1. The van der Waals surface area contributed by atoms with Crippen LogP contribution in [0.2, 0.25) is 10.0 Å². The van der Waals surface area contributed by atoms with Crippen LogP contribution < -0.4 is 0 Å². The standard InChI is InChI=1S/C12H8Cl2O4/c1-5-10(15)9(12(17)18-5)11(16)7-3-2-6(13)4-8(7)14/h2-5,16H,1H3. The maximum atomic E-state index is 11.7. The van der Waals surface area contributed by atoms with Crippen molar-refractivity contribution in [3.8, 4) is 0 Å². The van der Waals surface area contributed by atoms with E-state index < -0.39 is 23.6 Å². The van der Waals surface area contributed by atoms with Gasteiger partial charge in [-0.3, -0.25) is 4.79 Å². The van der Waals surface area contributed by atoms with E-state index in [9.17, 15) is 14.7 Å². The van der Waals surface area contributed by atoms with Gasteiger partial charge in [0.25, 0.3) is 0 Å². The fraction of sp³-hybridized carbons (Fsp3) is 0.167. The van der Waals surface area contributed by atoms with Crippen molar-refractivity contribution in [2.24, 2.45) is 0 Å². The topological polar surface area (TPSA) is 63.6 Å². The Hall–Kier alpha value is -1.52. The van der Waals surface area contributed by atoms with Crippen LogP contribution in [0.15, 0.2) is 23.8 Å². The van der Waals surface area contributed by atoms with Gasteiger partial charge in [-0.15, -0.1) is 0 Å². The van der Waals surface area contributed by atoms with Crippen molar-refractivity contribution in [3.05, 3.63) is 39.4 Å². The lowest BCUT2D eigenvalue weighted by atomic mass is 10.0. The van der Waals surface area contributed by atoms with Gasteiger partial charge in [0, 0.05) is 10.6 Å². The van der Waals surface area contributed by atoms with Crippen LogP contribution in [0.3, 0.4) is 0 Å². The molecule has 1 atom stereocenters. The molecule has 1 saturated heterocycles. The van der Waals surface area contributed by atoms with E-state index in [2.05, 4.69) is 0 Å². The zero-order valence-electron chi connectivity index (χ0n) is 9.24. The molecule has 1 fully saturated rings. The van der Waals surface area contributed by atoms with E-state index in [-0.39, 0.29) is 16.2 Å². The summed E-state index contributed by atoms with van der Waals surface area (Å²) in [5.74, 6) is -1.91. The highest BCUT2D eigenvalue weighted by Gasteiger charge is 2.38. The number of cyclic esters (lactones) is 1. The third-order valence-electron chi connectivity index (χ3n) is 2.53. The van der Waals surface area contributed by atoms with Crippen LogP contribution in [0, 0.1) is 0 Å². The van der Waals surface area contributed by atoms with E-state index >= 15 is 0 Å². The lowest BCUT2D eigenvalue weighted by Gasteiger charge is -2.04. The second-order valence-corrected chi connectivity index (χ2v) is 4.60. The van der Waals surface area contributed by atoms with Crippen LogP contribution in [0.1, 0.15) is 12.5 Å². The lowest BCUT2D eigenvalue weighted by Crippen LogP contribution is -2.11. The minimum atomic E-state index is -0.888. The average Bonchev–Trinajstić information content (AvgIpc) is 2.52. The molecule has 1 aromatic carbocycles. The number of carbonyl (C=O) groups is 2. The highest BCUT2D eigenvalue weighted by atomic mass is 35.5. The van der Waals surface area contributed by atoms with Gasteiger partial charge < -0.3 is 9.84 Å². The van der Waals surface area contributed by atoms with Crippen molar-refractivity contribution < 1.29 is 19.4 Å². The predicted octanol–water partition coefficient (Wildman–Crippen LogP) is 2.78. The zero-order valence-corrected chi connectivity index (χ0v) is 10.7. The molecular formula is C12H8Cl2O4. The maximum absolute atomic E-state index is 11.7. The van der Waals surface area contributed by atoms with Gasteiger partial charge in [0.1, 0.15) is 11.3 Å². The minimum absolute atomic E-state index is 0.146. The summed E-state index contributed by atoms with van der Waals surface area (Å²) in [7, 11) is 0. The van der Waals surface area contributed by atoms with Gasteiger partial charge in [0.2, 0.25) is 5.78 Å². The van der Waals surface area contributed by atoms with E-state index in [4.69, 9.17) is 27.9 Å². The number of aliphatic hydroxyl groups excluding tert-OH is 1. The molecule has 1 aliphatic rings. The summed E-state index contributed by atoms with van der Waals surface area (Å²) in [5, 5.41) is 10.5. The van der Waals surface area contributed by atoms with Crippen molar-refractivity contribution in [2.75, 3.05) is 0 Å². The molecule has 0 bridgehead atoms. The molecular weight excluding hydrogens is 279 g/mol. The number of Topliss-reactive ketones (excluding diaryl/α,β-unsaturated/α-hetero) is 1. The molecule has 18 heavy (non-hydrogen) atoms. The van der Waals surface area contributed by atoms with Crippen LogP contribution >= 0.6 is 23.2 Å². The molecule has 1 N–H and O–H groups in total. The van der Waals surface area contributed by atoms with Crippen molar-refractivity contribution in [3.63, 3.8) is 0 Å². The Bertz CT molecular complexity index is 577. The zero-order chi connectivity index (χ0) is 13.4. The molecule has 1 heterocycles. The molecule has 0 amide bonds. The summed E-state index contributed by atoms with van der Waals surface area (Å²) in [4.78, 5) is 23.1. The first kappa shape index (κ1) is 12.9. The van der Waals surface area contributed by atoms with E-state index in [1.54, 1.807) is 0 Å². The molecule has 4 nitrogen and oxygen atoms in total. The van der Waals surface area contributed by atoms with E-state index in [0.29, 0.717) is 5.02 Å². The number of rotatable bonds is 1. The lowest BCUT2D eigenvalue weighted by molar-refractivity contribution is -0.139.